The van der Waals surface area contributed by atoms with E-state index >= 15 is 0 Å². The van der Waals surface area contributed by atoms with Gasteiger partial charge in [-0.3, -0.25) is 4.79 Å². The number of benzene rings is 2. The first kappa shape index (κ1) is 23.7. The number of aryl methyl sites for hydroxylation is 1. The minimum absolute atomic E-state index is 0.134. The molecule has 2 aromatic rings. The molecule has 2 aromatic carbocycles. The van der Waals surface area contributed by atoms with E-state index in [1.807, 2.05) is 33.8 Å². The summed E-state index contributed by atoms with van der Waals surface area (Å²) >= 11 is 0. The Balaban J connectivity index is 0.000000424. The van der Waals surface area contributed by atoms with Gasteiger partial charge >= 0.3 is 24.4 Å². The predicted octanol–water partition coefficient (Wildman–Crippen LogP) is 4.36. The third-order valence-corrected chi connectivity index (χ3v) is 3.07. The van der Waals surface area contributed by atoms with Gasteiger partial charge < -0.3 is 9.47 Å². The SMILES string of the molecule is CC.CC.Cc1ccccc1C(=O)OC=O.O=C1OC(=O)c2ccccc21. The average Bonchev–Trinajstić information content (AvgIpc) is 3.00. The van der Waals surface area contributed by atoms with E-state index in [9.17, 15) is 19.2 Å². The van der Waals surface area contributed by atoms with E-state index < -0.39 is 17.9 Å². The van der Waals surface area contributed by atoms with Crippen LogP contribution in [0.25, 0.3) is 0 Å². The highest BCUT2D eigenvalue weighted by Gasteiger charge is 2.28. The Hall–Kier alpha value is -3.28. The number of cyclic esters (lactones) is 2. The number of hydrogen-bond donors (Lipinski definition) is 0. The van der Waals surface area contributed by atoms with Crippen molar-refractivity contribution in [3.63, 3.8) is 0 Å². The first-order valence-electron chi connectivity index (χ1n) is 8.60. The van der Waals surface area contributed by atoms with Crippen molar-refractivity contribution in [2.24, 2.45) is 0 Å². The maximum absolute atomic E-state index is 11.0. The third kappa shape index (κ3) is 6.86. The van der Waals surface area contributed by atoms with Crippen LogP contribution < -0.4 is 0 Å². The van der Waals surface area contributed by atoms with Crippen molar-refractivity contribution in [1.82, 2.24) is 0 Å². The van der Waals surface area contributed by atoms with Crippen LogP contribution >= 0.6 is 0 Å². The quantitative estimate of drug-likeness (QED) is 0.442. The van der Waals surface area contributed by atoms with Gasteiger partial charge in [0.15, 0.2) is 0 Å². The van der Waals surface area contributed by atoms with Gasteiger partial charge in [0.1, 0.15) is 0 Å². The first-order valence-corrected chi connectivity index (χ1v) is 8.60. The van der Waals surface area contributed by atoms with Gasteiger partial charge in [0.25, 0.3) is 0 Å². The van der Waals surface area contributed by atoms with Crippen LogP contribution in [0.2, 0.25) is 0 Å². The molecule has 0 saturated carbocycles. The zero-order valence-corrected chi connectivity index (χ0v) is 16.1. The normalized spacial score (nSPS) is 10.4. The highest BCUT2D eigenvalue weighted by atomic mass is 16.6. The Bertz CT molecular complexity index is 747. The van der Waals surface area contributed by atoms with Gasteiger partial charge in [0.05, 0.1) is 16.7 Å². The summed E-state index contributed by atoms with van der Waals surface area (Å²) in [6, 6.07) is 13.5. The first-order chi connectivity index (χ1) is 13.0. The Morgan fingerprint density at radius 1 is 0.852 bits per heavy atom. The largest absolute Gasteiger partial charge is 0.392 e. The van der Waals surface area contributed by atoms with Crippen LogP contribution in [0.1, 0.15) is 64.3 Å². The lowest BCUT2D eigenvalue weighted by atomic mass is 10.1. The molecule has 0 atom stereocenters. The van der Waals surface area contributed by atoms with Gasteiger partial charge in [-0.15, -0.1) is 0 Å². The van der Waals surface area contributed by atoms with Crippen molar-refractivity contribution in [3.8, 4) is 0 Å². The molecule has 0 aliphatic carbocycles. The molecule has 0 bridgehead atoms. The van der Waals surface area contributed by atoms with E-state index in [4.69, 9.17) is 0 Å². The lowest BCUT2D eigenvalue weighted by Gasteiger charge is -2.00. The van der Waals surface area contributed by atoms with Crippen molar-refractivity contribution in [1.29, 1.82) is 0 Å². The maximum Gasteiger partial charge on any atom is 0.346 e. The molecule has 6 heteroatoms. The Labute approximate surface area is 159 Å². The van der Waals surface area contributed by atoms with E-state index in [1.54, 1.807) is 49.4 Å². The Morgan fingerprint density at radius 2 is 1.30 bits per heavy atom. The zero-order chi connectivity index (χ0) is 20.8. The molecule has 0 N–H and O–H groups in total. The zero-order valence-electron chi connectivity index (χ0n) is 16.1. The van der Waals surface area contributed by atoms with Crippen molar-refractivity contribution in [2.45, 2.75) is 34.6 Å². The molecule has 1 aliphatic heterocycles. The van der Waals surface area contributed by atoms with E-state index in [-0.39, 0.29) is 6.47 Å². The molecule has 0 aromatic heterocycles. The van der Waals surface area contributed by atoms with Crippen molar-refractivity contribution < 1.29 is 28.7 Å². The molecule has 144 valence electrons. The van der Waals surface area contributed by atoms with Crippen LogP contribution in [0.5, 0.6) is 0 Å². The second-order valence-electron chi connectivity index (χ2n) is 4.54. The number of ether oxygens (including phenoxy) is 2. The van der Waals surface area contributed by atoms with E-state index in [0.29, 0.717) is 16.7 Å². The molecule has 3 rings (SSSR count). The van der Waals surface area contributed by atoms with Gasteiger partial charge in [-0.25, -0.2) is 14.4 Å². The second-order valence-corrected chi connectivity index (χ2v) is 4.54. The van der Waals surface area contributed by atoms with Gasteiger partial charge in [-0.05, 0) is 30.7 Å². The van der Waals surface area contributed by atoms with Crippen LogP contribution in [0, 0.1) is 6.92 Å². The van der Waals surface area contributed by atoms with Crippen molar-refractivity contribution in [3.05, 3.63) is 70.8 Å². The fourth-order valence-corrected chi connectivity index (χ4v) is 1.94. The highest BCUT2D eigenvalue weighted by Crippen LogP contribution is 2.18. The summed E-state index contributed by atoms with van der Waals surface area (Å²) in [5, 5.41) is 0. The van der Waals surface area contributed by atoms with E-state index in [0.717, 1.165) is 5.56 Å². The standard InChI is InChI=1S/C9H8O3.C8H4O3.2C2H6/c1-7-4-2-3-5-8(7)9(11)12-6-10;9-7-5-3-1-2-4-6(5)8(10)11-7;2*1-2/h2-6H,1H3;1-4H;2*1-2H3. The summed E-state index contributed by atoms with van der Waals surface area (Å²) in [7, 11) is 0. The fraction of sp³-hybridized carbons (Fsp3) is 0.238. The van der Waals surface area contributed by atoms with Crippen molar-refractivity contribution in [2.75, 3.05) is 0 Å². The number of carbonyl (C=O) groups excluding carboxylic acids is 4. The van der Waals surface area contributed by atoms with Gasteiger partial charge in [0.2, 0.25) is 0 Å². The fourth-order valence-electron chi connectivity index (χ4n) is 1.94. The summed E-state index contributed by atoms with van der Waals surface area (Å²) in [4.78, 5) is 42.5. The van der Waals surface area contributed by atoms with Gasteiger partial charge in [-0.1, -0.05) is 58.0 Å². The minimum atomic E-state index is -0.608. The van der Waals surface area contributed by atoms with Crippen LogP contribution in [0.3, 0.4) is 0 Å². The molecule has 0 spiro atoms. The smallest absolute Gasteiger partial charge is 0.346 e. The second kappa shape index (κ2) is 13.0. The topological polar surface area (TPSA) is 86.7 Å². The molecule has 6 nitrogen and oxygen atoms in total. The van der Waals surface area contributed by atoms with Crippen LogP contribution in [-0.2, 0) is 14.3 Å². The van der Waals surface area contributed by atoms with E-state index in [2.05, 4.69) is 9.47 Å². The molecule has 1 aliphatic rings. The molecule has 0 unspecified atom stereocenters. The lowest BCUT2D eigenvalue weighted by molar-refractivity contribution is -0.123. The molecule has 0 fully saturated rings. The summed E-state index contributed by atoms with van der Waals surface area (Å²) in [5.74, 6) is -1.71. The highest BCUT2D eigenvalue weighted by molar-refractivity contribution is 6.14. The Morgan fingerprint density at radius 3 is 1.74 bits per heavy atom. The van der Waals surface area contributed by atoms with E-state index in [1.165, 1.54) is 0 Å². The lowest BCUT2D eigenvalue weighted by Crippen LogP contribution is -2.04. The molecule has 1 heterocycles. The predicted molar refractivity (Wildman–Crippen MR) is 102 cm³/mol. The molecule has 0 amide bonds. The number of rotatable bonds is 2. The number of carbonyl (C=O) groups is 4. The molecule has 0 saturated heterocycles. The minimum Gasteiger partial charge on any atom is -0.392 e. The number of fused-ring (bicyclic) bond motifs is 1. The molecular formula is C21H24O6. The number of hydrogen-bond acceptors (Lipinski definition) is 6. The summed E-state index contributed by atoms with van der Waals surface area (Å²) in [6.45, 7) is 9.91. The molecule has 0 radical (unpaired) electrons. The third-order valence-electron chi connectivity index (χ3n) is 3.07. The van der Waals surface area contributed by atoms with Crippen molar-refractivity contribution >= 4 is 24.4 Å². The average molecular weight is 372 g/mol. The van der Waals surface area contributed by atoms with Crippen LogP contribution in [0.4, 0.5) is 0 Å². The maximum atomic E-state index is 11.0. The molecule has 27 heavy (non-hydrogen) atoms. The van der Waals surface area contributed by atoms with Crippen LogP contribution in [-0.4, -0.2) is 24.4 Å². The Kier molecular flexibility index (Phi) is 11.4. The summed E-state index contributed by atoms with van der Waals surface area (Å²) < 4.78 is 8.54. The monoisotopic (exact) mass is 372 g/mol. The van der Waals surface area contributed by atoms with Crippen LogP contribution in [0.15, 0.2) is 48.5 Å². The molecular weight excluding hydrogens is 348 g/mol. The van der Waals surface area contributed by atoms with Gasteiger partial charge in [0, 0.05) is 0 Å². The number of esters is 3. The summed E-state index contributed by atoms with van der Waals surface area (Å²) in [5.41, 5.74) is 1.93. The summed E-state index contributed by atoms with van der Waals surface area (Å²) in [6.07, 6.45) is 0. The van der Waals surface area contributed by atoms with Gasteiger partial charge in [-0.2, -0.15) is 0 Å².